The molecule has 0 spiro atoms. The van der Waals surface area contributed by atoms with Gasteiger partial charge in [0.2, 0.25) is 5.95 Å². The summed E-state index contributed by atoms with van der Waals surface area (Å²) < 4.78 is 15.5. The van der Waals surface area contributed by atoms with Crippen molar-refractivity contribution in [3.05, 3.63) is 40.4 Å². The van der Waals surface area contributed by atoms with Crippen LogP contribution < -0.4 is 5.32 Å². The summed E-state index contributed by atoms with van der Waals surface area (Å²) in [7, 11) is 1.80. The van der Waals surface area contributed by atoms with E-state index < -0.39 is 0 Å². The molecule has 3 nitrogen and oxygen atoms in total. The second-order valence-corrected chi connectivity index (χ2v) is 4.28. The van der Waals surface area contributed by atoms with Crippen LogP contribution >= 0.6 is 15.9 Å². The zero-order valence-electron chi connectivity index (χ0n) is 8.96. The van der Waals surface area contributed by atoms with E-state index in [0.717, 1.165) is 17.3 Å². The van der Waals surface area contributed by atoms with E-state index in [2.05, 4.69) is 26.2 Å². The first-order valence-corrected chi connectivity index (χ1v) is 5.60. The SMILES string of the molecule is CNc1nc(C)cn1-c1ccc(F)cc1Br. The molecule has 0 fully saturated rings. The van der Waals surface area contributed by atoms with E-state index in [1.165, 1.54) is 12.1 Å². The first-order chi connectivity index (χ1) is 7.61. The van der Waals surface area contributed by atoms with Gasteiger partial charge in [0.15, 0.2) is 0 Å². The van der Waals surface area contributed by atoms with E-state index in [1.54, 1.807) is 13.1 Å². The van der Waals surface area contributed by atoms with E-state index >= 15 is 0 Å². The number of hydrogen-bond acceptors (Lipinski definition) is 2. The highest BCUT2D eigenvalue weighted by Gasteiger charge is 2.09. The molecule has 5 heteroatoms. The van der Waals surface area contributed by atoms with Crippen molar-refractivity contribution in [2.75, 3.05) is 12.4 Å². The number of aryl methyl sites for hydroxylation is 1. The highest BCUT2D eigenvalue weighted by atomic mass is 79.9. The monoisotopic (exact) mass is 283 g/mol. The van der Waals surface area contributed by atoms with Crippen molar-refractivity contribution in [3.8, 4) is 5.69 Å². The fourth-order valence-corrected chi connectivity index (χ4v) is 2.08. The van der Waals surface area contributed by atoms with Gasteiger partial charge in [0.1, 0.15) is 5.82 Å². The molecule has 1 N–H and O–H groups in total. The third kappa shape index (κ3) is 1.95. The summed E-state index contributed by atoms with van der Waals surface area (Å²) in [4.78, 5) is 4.31. The molecule has 2 rings (SSSR count). The number of nitrogens with one attached hydrogen (secondary N) is 1. The van der Waals surface area contributed by atoms with Crippen LogP contribution in [0.25, 0.3) is 5.69 Å². The molecule has 1 aromatic carbocycles. The number of aromatic nitrogens is 2. The van der Waals surface area contributed by atoms with Crippen molar-refractivity contribution in [3.63, 3.8) is 0 Å². The second kappa shape index (κ2) is 4.25. The van der Waals surface area contributed by atoms with Gasteiger partial charge in [-0.3, -0.25) is 4.57 Å². The molecule has 0 aliphatic heterocycles. The quantitative estimate of drug-likeness (QED) is 0.918. The Morgan fingerprint density at radius 1 is 1.44 bits per heavy atom. The first-order valence-electron chi connectivity index (χ1n) is 4.81. The van der Waals surface area contributed by atoms with Gasteiger partial charge in [-0.05, 0) is 41.1 Å². The Morgan fingerprint density at radius 3 is 2.81 bits per heavy atom. The summed E-state index contributed by atoms with van der Waals surface area (Å²) in [5.41, 5.74) is 1.76. The molecular weight excluding hydrogens is 273 g/mol. The fraction of sp³-hybridized carbons (Fsp3) is 0.182. The van der Waals surface area contributed by atoms with Crippen molar-refractivity contribution in [2.45, 2.75) is 6.92 Å². The number of nitrogens with zero attached hydrogens (tertiary/aromatic N) is 2. The van der Waals surface area contributed by atoms with Crippen LogP contribution in [0.1, 0.15) is 5.69 Å². The molecule has 0 amide bonds. The molecule has 0 bridgehead atoms. The van der Waals surface area contributed by atoms with Gasteiger partial charge in [0, 0.05) is 17.7 Å². The predicted molar refractivity (Wildman–Crippen MR) is 65.5 cm³/mol. The summed E-state index contributed by atoms with van der Waals surface area (Å²) in [5, 5.41) is 2.99. The lowest BCUT2D eigenvalue weighted by Crippen LogP contribution is -2.01. The Balaban J connectivity index is 2.57. The number of halogens is 2. The Kier molecular flexibility index (Phi) is 2.96. The number of anilines is 1. The van der Waals surface area contributed by atoms with Gasteiger partial charge in [0.05, 0.1) is 11.4 Å². The number of benzene rings is 1. The molecule has 0 atom stereocenters. The summed E-state index contributed by atoms with van der Waals surface area (Å²) >= 11 is 3.34. The maximum atomic E-state index is 13.0. The van der Waals surface area contributed by atoms with Gasteiger partial charge in [-0.2, -0.15) is 0 Å². The molecule has 1 aromatic heterocycles. The van der Waals surface area contributed by atoms with Gasteiger partial charge < -0.3 is 5.32 Å². The summed E-state index contributed by atoms with van der Waals surface area (Å²) in [6.45, 7) is 1.91. The average Bonchev–Trinajstić information content (AvgIpc) is 2.59. The van der Waals surface area contributed by atoms with Gasteiger partial charge in [0.25, 0.3) is 0 Å². The second-order valence-electron chi connectivity index (χ2n) is 3.42. The van der Waals surface area contributed by atoms with E-state index in [4.69, 9.17) is 0 Å². The van der Waals surface area contributed by atoms with Crippen molar-refractivity contribution < 1.29 is 4.39 Å². The highest BCUT2D eigenvalue weighted by Crippen LogP contribution is 2.25. The van der Waals surface area contributed by atoms with E-state index in [9.17, 15) is 4.39 Å². The third-order valence-corrected chi connectivity index (χ3v) is 2.85. The first kappa shape index (κ1) is 11.1. The smallest absolute Gasteiger partial charge is 0.207 e. The Morgan fingerprint density at radius 2 is 2.19 bits per heavy atom. The van der Waals surface area contributed by atoms with Crippen LogP contribution in [0, 0.1) is 12.7 Å². The number of hydrogen-bond donors (Lipinski definition) is 1. The van der Waals surface area contributed by atoms with Crippen LogP contribution in [-0.4, -0.2) is 16.6 Å². The number of rotatable bonds is 2. The summed E-state index contributed by atoms with van der Waals surface area (Å²) in [6, 6.07) is 4.57. The minimum Gasteiger partial charge on any atom is -0.358 e. The molecule has 0 aliphatic rings. The molecule has 0 saturated heterocycles. The molecular formula is C11H11BrFN3. The molecule has 0 radical (unpaired) electrons. The molecule has 1 heterocycles. The predicted octanol–water partition coefficient (Wildman–Crippen LogP) is 3.12. The standard InChI is InChI=1S/C11H11BrFN3/c1-7-6-16(11(14-2)15-7)10-4-3-8(13)5-9(10)12/h3-6H,1-2H3,(H,14,15). The van der Waals surface area contributed by atoms with Crippen LogP contribution in [0.2, 0.25) is 0 Å². The van der Waals surface area contributed by atoms with Crippen LogP contribution in [0.3, 0.4) is 0 Å². The molecule has 16 heavy (non-hydrogen) atoms. The maximum absolute atomic E-state index is 13.0. The van der Waals surface area contributed by atoms with Gasteiger partial charge >= 0.3 is 0 Å². The Labute approximate surface area is 101 Å². The van der Waals surface area contributed by atoms with Crippen molar-refractivity contribution in [2.24, 2.45) is 0 Å². The maximum Gasteiger partial charge on any atom is 0.207 e. The zero-order chi connectivity index (χ0) is 11.7. The normalized spacial score (nSPS) is 10.5. The highest BCUT2D eigenvalue weighted by molar-refractivity contribution is 9.10. The van der Waals surface area contributed by atoms with Gasteiger partial charge in [-0.1, -0.05) is 0 Å². The van der Waals surface area contributed by atoms with Crippen molar-refractivity contribution >= 4 is 21.9 Å². The van der Waals surface area contributed by atoms with E-state index in [0.29, 0.717) is 4.47 Å². The Bertz CT molecular complexity index is 522. The average molecular weight is 284 g/mol. The number of imidazole rings is 1. The van der Waals surface area contributed by atoms with E-state index in [-0.39, 0.29) is 5.82 Å². The topological polar surface area (TPSA) is 29.9 Å². The molecule has 0 unspecified atom stereocenters. The molecule has 2 aromatic rings. The molecule has 0 aliphatic carbocycles. The van der Waals surface area contributed by atoms with Crippen molar-refractivity contribution in [1.29, 1.82) is 0 Å². The third-order valence-electron chi connectivity index (χ3n) is 2.22. The fourth-order valence-electron chi connectivity index (χ4n) is 1.53. The molecule has 84 valence electrons. The Hall–Kier alpha value is -1.36. The lowest BCUT2D eigenvalue weighted by Gasteiger charge is -2.08. The van der Waals surface area contributed by atoms with Crippen LogP contribution in [0.15, 0.2) is 28.9 Å². The lowest BCUT2D eigenvalue weighted by atomic mass is 10.3. The lowest BCUT2D eigenvalue weighted by molar-refractivity contribution is 0.626. The molecule has 0 saturated carbocycles. The van der Waals surface area contributed by atoms with E-state index in [1.807, 2.05) is 17.7 Å². The van der Waals surface area contributed by atoms with Gasteiger partial charge in [-0.25, -0.2) is 9.37 Å². The van der Waals surface area contributed by atoms with Crippen LogP contribution in [0.4, 0.5) is 10.3 Å². The van der Waals surface area contributed by atoms with Crippen molar-refractivity contribution in [1.82, 2.24) is 9.55 Å². The largest absolute Gasteiger partial charge is 0.358 e. The summed E-state index contributed by atoms with van der Waals surface area (Å²) in [5.74, 6) is 0.461. The summed E-state index contributed by atoms with van der Waals surface area (Å²) in [6.07, 6.45) is 1.89. The minimum atomic E-state index is -0.265. The van der Waals surface area contributed by atoms with Crippen LogP contribution in [-0.2, 0) is 0 Å². The zero-order valence-corrected chi connectivity index (χ0v) is 10.5. The van der Waals surface area contributed by atoms with Crippen LogP contribution in [0.5, 0.6) is 0 Å². The van der Waals surface area contributed by atoms with Gasteiger partial charge in [-0.15, -0.1) is 0 Å². The minimum absolute atomic E-state index is 0.265.